The Labute approximate surface area is 141 Å². The van der Waals surface area contributed by atoms with Crippen LogP contribution in [-0.4, -0.2) is 29.0 Å². The van der Waals surface area contributed by atoms with E-state index in [-0.39, 0.29) is 11.7 Å². The van der Waals surface area contributed by atoms with Crippen LogP contribution in [0.3, 0.4) is 0 Å². The van der Waals surface area contributed by atoms with Gasteiger partial charge < -0.3 is 10.6 Å². The Morgan fingerprint density at radius 3 is 2.54 bits per heavy atom. The number of aromatic nitrogens is 2. The molecular weight excluding hydrogens is 307 g/mol. The number of amides is 1. The number of carbonyl (C=O) groups is 1. The average molecular weight is 330 g/mol. The van der Waals surface area contributed by atoms with Crippen LogP contribution in [-0.2, 0) is 6.42 Å². The molecule has 1 aromatic heterocycles. The highest BCUT2D eigenvalue weighted by Crippen LogP contribution is 2.07. The summed E-state index contributed by atoms with van der Waals surface area (Å²) in [6.45, 7) is 5.45. The zero-order valence-electron chi connectivity index (χ0n) is 14.1. The van der Waals surface area contributed by atoms with Gasteiger partial charge in [0.15, 0.2) is 0 Å². The Morgan fingerprint density at radius 1 is 1.17 bits per heavy atom. The highest BCUT2D eigenvalue weighted by atomic mass is 19.1. The zero-order valence-corrected chi connectivity index (χ0v) is 14.1. The quantitative estimate of drug-likeness (QED) is 0.781. The van der Waals surface area contributed by atoms with Gasteiger partial charge in [0.25, 0.3) is 5.91 Å². The zero-order chi connectivity index (χ0) is 17.4. The molecule has 0 saturated heterocycles. The maximum atomic E-state index is 13.5. The van der Waals surface area contributed by atoms with Crippen molar-refractivity contribution in [3.63, 3.8) is 0 Å². The molecule has 24 heavy (non-hydrogen) atoms. The fourth-order valence-corrected chi connectivity index (χ4v) is 2.12. The Bertz CT molecular complexity index is 658. The first kappa shape index (κ1) is 17.8. The van der Waals surface area contributed by atoms with Crippen molar-refractivity contribution in [3.05, 3.63) is 53.6 Å². The molecule has 0 spiro atoms. The van der Waals surface area contributed by atoms with Gasteiger partial charge in [-0.3, -0.25) is 4.79 Å². The van der Waals surface area contributed by atoms with Gasteiger partial charge in [-0.15, -0.1) is 0 Å². The van der Waals surface area contributed by atoms with E-state index >= 15 is 0 Å². The molecule has 5 nitrogen and oxygen atoms in total. The number of anilines is 1. The van der Waals surface area contributed by atoms with Crippen LogP contribution in [0.1, 0.15) is 36.2 Å². The molecule has 0 aliphatic carbocycles. The van der Waals surface area contributed by atoms with Crippen LogP contribution >= 0.6 is 0 Å². The van der Waals surface area contributed by atoms with E-state index in [9.17, 15) is 9.18 Å². The number of rotatable bonds is 8. The smallest absolute Gasteiger partial charge is 0.254 e. The number of nitrogens with zero attached hydrogens (tertiary/aromatic N) is 2. The molecule has 2 aromatic rings. The second-order valence-electron chi connectivity index (χ2n) is 6.00. The van der Waals surface area contributed by atoms with Crippen LogP contribution < -0.4 is 10.6 Å². The lowest BCUT2D eigenvalue weighted by Gasteiger charge is -2.08. The summed E-state index contributed by atoms with van der Waals surface area (Å²) in [4.78, 5) is 20.3. The molecule has 0 radical (unpaired) electrons. The summed E-state index contributed by atoms with van der Waals surface area (Å²) >= 11 is 0. The maximum Gasteiger partial charge on any atom is 0.254 e. The number of benzene rings is 1. The van der Waals surface area contributed by atoms with Crippen molar-refractivity contribution < 1.29 is 9.18 Å². The molecule has 1 aromatic carbocycles. The molecule has 1 heterocycles. The standard InChI is InChI=1S/C18H23FN4O/c1-13(2)7-9-21-18-22-11-15(12-23-18)17(24)20-10-8-14-5-3-4-6-16(14)19/h3-6,11-13H,7-10H2,1-2H3,(H,20,24)(H,21,22,23). The molecule has 0 atom stereocenters. The molecule has 0 bridgehead atoms. The maximum absolute atomic E-state index is 13.5. The Kier molecular flexibility index (Phi) is 6.66. The lowest BCUT2D eigenvalue weighted by Crippen LogP contribution is -2.26. The number of halogens is 1. The first-order valence-corrected chi connectivity index (χ1v) is 8.14. The Morgan fingerprint density at radius 2 is 1.88 bits per heavy atom. The number of hydrogen-bond donors (Lipinski definition) is 2. The third kappa shape index (κ3) is 5.61. The molecule has 0 aliphatic rings. The van der Waals surface area contributed by atoms with Gasteiger partial charge in [0.1, 0.15) is 5.82 Å². The van der Waals surface area contributed by atoms with Crippen LogP contribution in [0, 0.1) is 11.7 Å². The summed E-state index contributed by atoms with van der Waals surface area (Å²) in [5, 5.41) is 5.86. The first-order chi connectivity index (χ1) is 11.6. The van der Waals surface area contributed by atoms with Crippen molar-refractivity contribution in [2.45, 2.75) is 26.7 Å². The van der Waals surface area contributed by atoms with Gasteiger partial charge in [-0.2, -0.15) is 0 Å². The van der Waals surface area contributed by atoms with Crippen molar-refractivity contribution in [3.8, 4) is 0 Å². The van der Waals surface area contributed by atoms with E-state index in [1.807, 2.05) is 0 Å². The number of nitrogens with one attached hydrogen (secondary N) is 2. The molecule has 2 rings (SSSR count). The monoisotopic (exact) mass is 330 g/mol. The Hall–Kier alpha value is -2.50. The predicted octanol–water partition coefficient (Wildman–Crippen LogP) is 3.05. The van der Waals surface area contributed by atoms with Crippen molar-refractivity contribution >= 4 is 11.9 Å². The summed E-state index contributed by atoms with van der Waals surface area (Å²) in [6, 6.07) is 6.54. The van der Waals surface area contributed by atoms with E-state index in [1.165, 1.54) is 18.5 Å². The summed E-state index contributed by atoms with van der Waals surface area (Å²) in [5.74, 6) is 0.600. The van der Waals surface area contributed by atoms with E-state index < -0.39 is 0 Å². The summed E-state index contributed by atoms with van der Waals surface area (Å²) < 4.78 is 13.5. The van der Waals surface area contributed by atoms with Gasteiger partial charge in [0.05, 0.1) is 5.56 Å². The summed E-state index contributed by atoms with van der Waals surface area (Å²) in [7, 11) is 0. The number of hydrogen-bond acceptors (Lipinski definition) is 4. The molecule has 2 N–H and O–H groups in total. The van der Waals surface area contributed by atoms with Crippen molar-refractivity contribution in [2.75, 3.05) is 18.4 Å². The van der Waals surface area contributed by atoms with Crippen molar-refractivity contribution in [2.24, 2.45) is 5.92 Å². The van der Waals surface area contributed by atoms with Crippen LogP contribution in [0.5, 0.6) is 0 Å². The molecule has 128 valence electrons. The molecule has 6 heteroatoms. The van der Waals surface area contributed by atoms with E-state index in [0.29, 0.717) is 36.0 Å². The molecule has 0 fully saturated rings. The van der Waals surface area contributed by atoms with Crippen LogP contribution in [0.25, 0.3) is 0 Å². The van der Waals surface area contributed by atoms with E-state index in [2.05, 4.69) is 34.4 Å². The second-order valence-corrected chi connectivity index (χ2v) is 6.00. The van der Waals surface area contributed by atoms with Crippen LogP contribution in [0.2, 0.25) is 0 Å². The third-order valence-electron chi connectivity index (χ3n) is 3.56. The minimum Gasteiger partial charge on any atom is -0.354 e. The fourth-order valence-electron chi connectivity index (χ4n) is 2.12. The highest BCUT2D eigenvalue weighted by molar-refractivity contribution is 5.93. The summed E-state index contributed by atoms with van der Waals surface area (Å²) in [6.07, 6.45) is 4.45. The largest absolute Gasteiger partial charge is 0.354 e. The second kappa shape index (κ2) is 8.96. The van der Waals surface area contributed by atoms with E-state index in [1.54, 1.807) is 18.2 Å². The molecule has 0 unspecified atom stereocenters. The molecule has 1 amide bonds. The molecular formula is C18H23FN4O. The van der Waals surface area contributed by atoms with Crippen LogP contribution in [0.15, 0.2) is 36.7 Å². The number of carbonyl (C=O) groups excluding carboxylic acids is 1. The lowest BCUT2D eigenvalue weighted by molar-refractivity contribution is 0.0953. The highest BCUT2D eigenvalue weighted by Gasteiger charge is 2.08. The summed E-state index contributed by atoms with van der Waals surface area (Å²) in [5.41, 5.74) is 0.969. The minimum atomic E-state index is -0.264. The molecule has 0 saturated carbocycles. The average Bonchev–Trinajstić information content (AvgIpc) is 2.57. The van der Waals surface area contributed by atoms with E-state index in [0.717, 1.165) is 13.0 Å². The lowest BCUT2D eigenvalue weighted by atomic mass is 10.1. The van der Waals surface area contributed by atoms with Crippen LogP contribution in [0.4, 0.5) is 10.3 Å². The fraction of sp³-hybridized carbons (Fsp3) is 0.389. The Balaban J connectivity index is 1.79. The predicted molar refractivity (Wildman–Crippen MR) is 92.4 cm³/mol. The first-order valence-electron chi connectivity index (χ1n) is 8.14. The molecule has 0 aliphatic heterocycles. The van der Waals surface area contributed by atoms with Gasteiger partial charge in [0.2, 0.25) is 5.95 Å². The SMILES string of the molecule is CC(C)CCNc1ncc(C(=O)NCCc2ccccc2F)cn1. The van der Waals surface area contributed by atoms with Crippen molar-refractivity contribution in [1.82, 2.24) is 15.3 Å². The van der Waals surface area contributed by atoms with Gasteiger partial charge >= 0.3 is 0 Å². The van der Waals surface area contributed by atoms with Gasteiger partial charge in [0, 0.05) is 25.5 Å². The van der Waals surface area contributed by atoms with E-state index in [4.69, 9.17) is 0 Å². The van der Waals surface area contributed by atoms with Gasteiger partial charge in [-0.25, -0.2) is 14.4 Å². The third-order valence-corrected chi connectivity index (χ3v) is 3.56. The topological polar surface area (TPSA) is 66.9 Å². The van der Waals surface area contributed by atoms with Gasteiger partial charge in [-0.1, -0.05) is 32.0 Å². The van der Waals surface area contributed by atoms with Gasteiger partial charge in [-0.05, 0) is 30.4 Å². The van der Waals surface area contributed by atoms with Crippen molar-refractivity contribution in [1.29, 1.82) is 0 Å². The minimum absolute atomic E-state index is 0.257. The normalized spacial score (nSPS) is 10.7.